The third kappa shape index (κ3) is 3.74. The second kappa shape index (κ2) is 7.00. The van der Waals surface area contributed by atoms with Gasteiger partial charge in [0.25, 0.3) is 0 Å². The molecular weight excluding hydrogens is 333 g/mol. The number of rotatable bonds is 5. The summed E-state index contributed by atoms with van der Waals surface area (Å²) in [5.74, 6) is -2.75. The van der Waals surface area contributed by atoms with E-state index in [-0.39, 0.29) is 22.4 Å². The van der Waals surface area contributed by atoms with Crippen molar-refractivity contribution in [1.29, 1.82) is 0 Å². The number of carbonyl (C=O) groups is 1. The summed E-state index contributed by atoms with van der Waals surface area (Å²) in [7, 11) is 1.21. The summed E-state index contributed by atoms with van der Waals surface area (Å²) in [5.41, 5.74) is -0.327. The molecule has 0 atom stereocenters. The number of carboxylic acid groups (broad SMARTS) is 1. The number of benzene rings is 2. The van der Waals surface area contributed by atoms with Crippen LogP contribution in [0.1, 0.15) is 16.7 Å². The number of phenols is 1. The van der Waals surface area contributed by atoms with E-state index in [2.05, 4.69) is 0 Å². The van der Waals surface area contributed by atoms with Crippen LogP contribution >= 0.6 is 0 Å². The number of hydrogen-bond acceptors (Lipinski definition) is 5. The summed E-state index contributed by atoms with van der Waals surface area (Å²) in [6, 6.07) is 6.19. The number of nitro groups is 1. The zero-order valence-corrected chi connectivity index (χ0v) is 13.3. The molecule has 0 bridgehead atoms. The average Bonchev–Trinajstić information content (AvgIpc) is 2.55. The molecule has 2 aromatic rings. The molecule has 0 spiro atoms. The largest absolute Gasteiger partial charge is 0.500 e. The van der Waals surface area contributed by atoms with Gasteiger partial charge in [0, 0.05) is 6.07 Å². The maximum atomic E-state index is 13.7. The Morgan fingerprint density at radius 1 is 1.32 bits per heavy atom. The second-order valence-corrected chi connectivity index (χ2v) is 5.18. The lowest BCUT2D eigenvalue weighted by atomic mass is 10.0. The number of aliphatic carboxylic acids is 1. The molecule has 7 nitrogen and oxygen atoms in total. The van der Waals surface area contributed by atoms with Crippen molar-refractivity contribution < 1.29 is 29.1 Å². The molecule has 2 rings (SSSR count). The Hall–Kier alpha value is -3.42. The Bertz CT molecular complexity index is 891. The molecule has 0 unspecified atom stereocenters. The molecule has 0 heterocycles. The molecule has 0 radical (unpaired) electrons. The van der Waals surface area contributed by atoms with Crippen LogP contribution in [0.3, 0.4) is 0 Å². The van der Waals surface area contributed by atoms with Gasteiger partial charge < -0.3 is 14.9 Å². The van der Waals surface area contributed by atoms with Crippen molar-refractivity contribution in [3.63, 3.8) is 0 Å². The van der Waals surface area contributed by atoms with Crippen LogP contribution in [0.4, 0.5) is 10.1 Å². The van der Waals surface area contributed by atoms with Gasteiger partial charge in [-0.25, -0.2) is 9.18 Å². The van der Waals surface area contributed by atoms with E-state index in [0.29, 0.717) is 5.56 Å². The first-order valence-electron chi connectivity index (χ1n) is 7.01. The normalized spacial score (nSPS) is 11.2. The molecule has 0 aliphatic carbocycles. The third-order valence-corrected chi connectivity index (χ3v) is 3.52. The summed E-state index contributed by atoms with van der Waals surface area (Å²) >= 11 is 0. The highest BCUT2D eigenvalue weighted by Crippen LogP contribution is 2.38. The number of phenolic OH excluding ortho intramolecular Hbond substituents is 1. The Labute approximate surface area is 141 Å². The summed E-state index contributed by atoms with van der Waals surface area (Å²) in [4.78, 5) is 21.7. The van der Waals surface area contributed by atoms with E-state index in [4.69, 9.17) is 4.74 Å². The van der Waals surface area contributed by atoms with Crippen LogP contribution in [-0.4, -0.2) is 28.2 Å². The molecule has 25 heavy (non-hydrogen) atoms. The van der Waals surface area contributed by atoms with Crippen molar-refractivity contribution in [3.05, 3.63) is 63.0 Å². The molecule has 0 aliphatic rings. The van der Waals surface area contributed by atoms with Crippen LogP contribution in [0.15, 0.2) is 30.3 Å². The van der Waals surface area contributed by atoms with Crippen molar-refractivity contribution in [3.8, 4) is 11.5 Å². The highest BCUT2D eigenvalue weighted by Gasteiger charge is 2.20. The van der Waals surface area contributed by atoms with Crippen molar-refractivity contribution in [2.24, 2.45) is 0 Å². The number of nitro benzene ring substituents is 1. The molecular formula is C17H14FNO6. The monoisotopic (exact) mass is 347 g/mol. The number of aryl methyl sites for hydroxylation is 1. The lowest BCUT2D eigenvalue weighted by Gasteiger charge is -2.08. The number of aromatic hydroxyl groups is 1. The van der Waals surface area contributed by atoms with Crippen LogP contribution in [0, 0.1) is 22.9 Å². The minimum atomic E-state index is -1.34. The fourth-order valence-corrected chi connectivity index (χ4v) is 2.19. The first-order chi connectivity index (χ1) is 11.7. The van der Waals surface area contributed by atoms with E-state index in [1.54, 1.807) is 0 Å². The zero-order valence-electron chi connectivity index (χ0n) is 13.3. The standard InChI is InChI=1S/C17H14FNO6/c1-9-3-4-11(8-13(9)18)12(17(21)22)5-10-6-14(19(23)24)16(20)15(7-10)25-2/h3-8,20H,1-2H3,(H,21,22)/b12-5-. The summed E-state index contributed by atoms with van der Waals surface area (Å²) < 4.78 is 18.6. The SMILES string of the molecule is COc1cc(/C=C(\C(=O)O)c2ccc(C)c(F)c2)cc([N+](=O)[O-])c1O. The summed E-state index contributed by atoms with van der Waals surface area (Å²) in [6.45, 7) is 1.54. The van der Waals surface area contributed by atoms with Crippen LogP contribution in [0.25, 0.3) is 11.6 Å². The van der Waals surface area contributed by atoms with Gasteiger partial charge in [0.1, 0.15) is 5.82 Å². The molecule has 2 N–H and O–H groups in total. The number of nitrogens with zero attached hydrogens (tertiary/aromatic N) is 1. The Kier molecular flexibility index (Phi) is 5.02. The molecule has 0 fully saturated rings. The predicted molar refractivity (Wildman–Crippen MR) is 88.0 cm³/mol. The predicted octanol–water partition coefficient (Wildman–Crippen LogP) is 3.38. The Morgan fingerprint density at radius 3 is 2.52 bits per heavy atom. The molecule has 0 saturated heterocycles. The fraction of sp³-hybridized carbons (Fsp3) is 0.118. The molecule has 0 amide bonds. The van der Waals surface area contributed by atoms with Gasteiger partial charge in [-0.2, -0.15) is 0 Å². The van der Waals surface area contributed by atoms with Gasteiger partial charge in [0.2, 0.25) is 5.75 Å². The van der Waals surface area contributed by atoms with Crippen LogP contribution < -0.4 is 4.74 Å². The highest BCUT2D eigenvalue weighted by atomic mass is 19.1. The lowest BCUT2D eigenvalue weighted by molar-refractivity contribution is -0.386. The molecule has 130 valence electrons. The number of carboxylic acids is 1. The quantitative estimate of drug-likeness (QED) is 0.371. The van der Waals surface area contributed by atoms with Gasteiger partial charge in [0.05, 0.1) is 17.6 Å². The van der Waals surface area contributed by atoms with Gasteiger partial charge in [-0.1, -0.05) is 12.1 Å². The number of ether oxygens (including phenoxy) is 1. The highest BCUT2D eigenvalue weighted by molar-refractivity contribution is 6.20. The minimum absolute atomic E-state index is 0.102. The van der Waals surface area contributed by atoms with Crippen molar-refractivity contribution in [2.45, 2.75) is 6.92 Å². The van der Waals surface area contributed by atoms with Gasteiger partial charge >= 0.3 is 11.7 Å². The van der Waals surface area contributed by atoms with Crippen LogP contribution in [0.2, 0.25) is 0 Å². The van der Waals surface area contributed by atoms with Crippen LogP contribution in [0.5, 0.6) is 11.5 Å². The van der Waals surface area contributed by atoms with Crippen molar-refractivity contribution in [1.82, 2.24) is 0 Å². The van der Waals surface area contributed by atoms with Gasteiger partial charge in [-0.05, 0) is 41.8 Å². The van der Waals surface area contributed by atoms with Gasteiger partial charge in [0.15, 0.2) is 5.75 Å². The van der Waals surface area contributed by atoms with Gasteiger partial charge in [-0.15, -0.1) is 0 Å². The Morgan fingerprint density at radius 2 is 2.00 bits per heavy atom. The van der Waals surface area contributed by atoms with E-state index in [0.717, 1.165) is 18.2 Å². The van der Waals surface area contributed by atoms with E-state index < -0.39 is 28.1 Å². The van der Waals surface area contributed by atoms with Gasteiger partial charge in [-0.3, -0.25) is 10.1 Å². The van der Waals surface area contributed by atoms with Crippen LogP contribution in [-0.2, 0) is 4.79 Å². The first kappa shape index (κ1) is 17.9. The number of hydrogen-bond donors (Lipinski definition) is 2. The smallest absolute Gasteiger partial charge is 0.336 e. The summed E-state index contributed by atoms with van der Waals surface area (Å²) in [6.07, 6.45) is 1.14. The molecule has 0 saturated carbocycles. The van der Waals surface area contributed by atoms with E-state index in [9.17, 15) is 29.5 Å². The van der Waals surface area contributed by atoms with E-state index in [1.807, 2.05) is 0 Å². The van der Waals surface area contributed by atoms with Crippen molar-refractivity contribution >= 4 is 23.3 Å². The number of halogens is 1. The summed E-state index contributed by atoms with van der Waals surface area (Å²) in [5, 5.41) is 30.2. The zero-order chi connectivity index (χ0) is 18.7. The minimum Gasteiger partial charge on any atom is -0.500 e. The number of methoxy groups -OCH3 is 1. The Balaban J connectivity index is 2.65. The lowest BCUT2D eigenvalue weighted by Crippen LogP contribution is -2.01. The maximum Gasteiger partial charge on any atom is 0.336 e. The molecule has 0 aliphatic heterocycles. The molecule has 8 heteroatoms. The fourth-order valence-electron chi connectivity index (χ4n) is 2.19. The molecule has 0 aromatic heterocycles. The second-order valence-electron chi connectivity index (χ2n) is 5.18. The first-order valence-corrected chi connectivity index (χ1v) is 7.01. The topological polar surface area (TPSA) is 110 Å². The van der Waals surface area contributed by atoms with E-state index in [1.165, 1.54) is 32.2 Å². The molecule has 2 aromatic carbocycles. The average molecular weight is 347 g/mol. The van der Waals surface area contributed by atoms with E-state index >= 15 is 0 Å². The maximum absolute atomic E-state index is 13.7. The van der Waals surface area contributed by atoms with Crippen molar-refractivity contribution in [2.75, 3.05) is 7.11 Å². The third-order valence-electron chi connectivity index (χ3n) is 3.52.